The molecular formula is C26H26ClN3O. The van der Waals surface area contributed by atoms with E-state index in [4.69, 9.17) is 11.6 Å². The molecule has 0 N–H and O–H groups in total. The van der Waals surface area contributed by atoms with E-state index in [1.54, 1.807) is 0 Å². The van der Waals surface area contributed by atoms with E-state index in [0.717, 1.165) is 29.3 Å². The number of benzene rings is 2. The Morgan fingerprint density at radius 3 is 2.52 bits per heavy atom. The number of hydrogen-bond acceptors (Lipinski definition) is 3. The monoisotopic (exact) mass is 431 g/mol. The second-order valence-corrected chi connectivity index (χ2v) is 9.07. The number of carbonyl (C=O) groups is 1. The van der Waals surface area contributed by atoms with E-state index >= 15 is 0 Å². The number of rotatable bonds is 2. The zero-order valence-corrected chi connectivity index (χ0v) is 18.7. The molecule has 2 aromatic rings. The first-order chi connectivity index (χ1) is 15.0. The first kappa shape index (κ1) is 20.1. The second-order valence-electron chi connectivity index (χ2n) is 8.63. The van der Waals surface area contributed by atoms with Crippen LogP contribution in [0, 0.1) is 0 Å². The molecule has 0 radical (unpaired) electrons. The highest BCUT2D eigenvalue weighted by molar-refractivity contribution is 6.31. The van der Waals surface area contributed by atoms with Crippen LogP contribution in [-0.2, 0) is 10.2 Å². The minimum atomic E-state index is -0.0838. The lowest BCUT2D eigenvalue weighted by Gasteiger charge is -2.36. The van der Waals surface area contributed by atoms with E-state index in [2.05, 4.69) is 35.3 Å². The van der Waals surface area contributed by atoms with Gasteiger partial charge in [-0.05, 0) is 67.8 Å². The number of amides is 1. The van der Waals surface area contributed by atoms with Crippen molar-refractivity contribution in [2.75, 3.05) is 17.0 Å². The third-order valence-electron chi connectivity index (χ3n) is 6.87. The summed E-state index contributed by atoms with van der Waals surface area (Å²) in [7, 11) is 2.12. The van der Waals surface area contributed by atoms with Crippen molar-refractivity contribution >= 4 is 34.6 Å². The van der Waals surface area contributed by atoms with Crippen LogP contribution in [0.4, 0.5) is 11.4 Å². The largest absolute Gasteiger partial charge is 0.347 e. The lowest BCUT2D eigenvalue weighted by Crippen LogP contribution is -2.32. The standard InChI is InChI=1S/C26H26ClN3O/c1-18-21(25(31)30(28-18)20-9-5-3-6-10-20)12-14-24-26(15-7-4-8-16-26)22-17-19(27)11-13-23(22)29(24)2/h3,5-6,9-14,17H,4,7-8,15-16H2,1-2H3/b21-12-,24-14+. The zero-order chi connectivity index (χ0) is 21.6. The van der Waals surface area contributed by atoms with Crippen LogP contribution in [0.2, 0.25) is 5.02 Å². The minimum Gasteiger partial charge on any atom is -0.347 e. The number of anilines is 2. The van der Waals surface area contributed by atoms with Gasteiger partial charge in [-0.25, -0.2) is 0 Å². The Balaban J connectivity index is 1.55. The number of carbonyl (C=O) groups excluding carboxylic acids is 1. The number of halogens is 1. The quantitative estimate of drug-likeness (QED) is 0.529. The van der Waals surface area contributed by atoms with Crippen LogP contribution in [0.3, 0.4) is 0 Å². The lowest BCUT2D eigenvalue weighted by atomic mass is 9.68. The predicted octanol–water partition coefficient (Wildman–Crippen LogP) is 6.22. The Hall–Kier alpha value is -2.85. The van der Waals surface area contributed by atoms with Gasteiger partial charge in [0, 0.05) is 28.9 Å². The van der Waals surface area contributed by atoms with E-state index in [-0.39, 0.29) is 11.3 Å². The normalized spacial score (nSPS) is 22.5. The molecule has 2 aromatic carbocycles. The maximum Gasteiger partial charge on any atom is 0.280 e. The molecule has 31 heavy (non-hydrogen) atoms. The van der Waals surface area contributed by atoms with Crippen LogP contribution < -0.4 is 9.91 Å². The predicted molar refractivity (Wildman–Crippen MR) is 128 cm³/mol. The molecule has 0 bridgehead atoms. The number of fused-ring (bicyclic) bond motifs is 2. The fraction of sp³-hybridized carbons (Fsp3) is 0.308. The van der Waals surface area contributed by atoms with Gasteiger partial charge in [-0.3, -0.25) is 4.79 Å². The van der Waals surface area contributed by atoms with Crippen molar-refractivity contribution in [1.29, 1.82) is 0 Å². The van der Waals surface area contributed by atoms with Crippen LogP contribution >= 0.6 is 11.6 Å². The van der Waals surface area contributed by atoms with Gasteiger partial charge < -0.3 is 4.90 Å². The van der Waals surface area contributed by atoms with Crippen molar-refractivity contribution in [2.45, 2.75) is 44.4 Å². The van der Waals surface area contributed by atoms with Crippen molar-refractivity contribution in [3.63, 3.8) is 0 Å². The average molecular weight is 432 g/mol. The van der Waals surface area contributed by atoms with Gasteiger partial charge in [0.05, 0.1) is 17.0 Å². The summed E-state index contributed by atoms with van der Waals surface area (Å²) < 4.78 is 0. The lowest BCUT2D eigenvalue weighted by molar-refractivity contribution is -0.114. The topological polar surface area (TPSA) is 35.9 Å². The van der Waals surface area contributed by atoms with Crippen LogP contribution in [-0.4, -0.2) is 18.7 Å². The molecule has 1 fully saturated rings. The maximum absolute atomic E-state index is 13.1. The SMILES string of the molecule is CC1=NN(c2ccccc2)C(=O)/C1=C\C=C1\N(C)c2ccc(Cl)cc2C12CCCCC2. The van der Waals surface area contributed by atoms with Crippen molar-refractivity contribution < 1.29 is 4.79 Å². The molecule has 3 aliphatic rings. The number of nitrogens with zero attached hydrogens (tertiary/aromatic N) is 3. The van der Waals surface area contributed by atoms with E-state index in [1.165, 1.54) is 41.2 Å². The van der Waals surface area contributed by atoms with Gasteiger partial charge in [0.2, 0.25) is 0 Å². The molecule has 1 spiro atoms. The summed E-state index contributed by atoms with van der Waals surface area (Å²) in [5.41, 5.74) is 5.92. The van der Waals surface area contributed by atoms with Gasteiger partial charge in [0.15, 0.2) is 0 Å². The second kappa shape index (κ2) is 7.69. The molecule has 4 nitrogen and oxygen atoms in total. The highest BCUT2D eigenvalue weighted by Crippen LogP contribution is 2.55. The average Bonchev–Trinajstić information content (AvgIpc) is 3.19. The molecule has 158 valence electrons. The van der Waals surface area contributed by atoms with Gasteiger partial charge in [0.25, 0.3) is 5.91 Å². The summed E-state index contributed by atoms with van der Waals surface area (Å²) in [6.07, 6.45) is 9.99. The van der Waals surface area contributed by atoms with Crippen molar-refractivity contribution in [3.05, 3.63) is 82.5 Å². The molecular weight excluding hydrogens is 406 g/mol. The molecule has 5 heteroatoms. The van der Waals surface area contributed by atoms with Gasteiger partial charge in [0.1, 0.15) is 0 Å². The molecule has 0 saturated heterocycles. The molecule has 1 amide bonds. The molecule has 1 aliphatic carbocycles. The van der Waals surface area contributed by atoms with Gasteiger partial charge in [-0.2, -0.15) is 10.1 Å². The van der Waals surface area contributed by atoms with Crippen molar-refractivity contribution in [2.24, 2.45) is 5.10 Å². The van der Waals surface area contributed by atoms with Gasteiger partial charge in [-0.1, -0.05) is 49.1 Å². The van der Waals surface area contributed by atoms with Crippen molar-refractivity contribution in [1.82, 2.24) is 0 Å². The molecule has 0 unspecified atom stereocenters. The Morgan fingerprint density at radius 2 is 1.77 bits per heavy atom. The Kier molecular flexibility index (Phi) is 4.98. The van der Waals surface area contributed by atoms with Gasteiger partial charge >= 0.3 is 0 Å². The van der Waals surface area contributed by atoms with Gasteiger partial charge in [-0.15, -0.1) is 0 Å². The number of hydrazone groups is 1. The Morgan fingerprint density at radius 1 is 1.03 bits per heavy atom. The number of para-hydroxylation sites is 1. The highest BCUT2D eigenvalue weighted by atomic mass is 35.5. The van der Waals surface area contributed by atoms with Crippen LogP contribution in [0.1, 0.15) is 44.6 Å². The molecule has 2 heterocycles. The Labute approximate surface area is 188 Å². The molecule has 2 aliphatic heterocycles. The third kappa shape index (κ3) is 3.21. The third-order valence-corrected chi connectivity index (χ3v) is 7.10. The van der Waals surface area contributed by atoms with Crippen LogP contribution in [0.25, 0.3) is 0 Å². The minimum absolute atomic E-state index is 0.0316. The first-order valence-corrected chi connectivity index (χ1v) is 11.3. The summed E-state index contributed by atoms with van der Waals surface area (Å²) in [5, 5.41) is 6.78. The molecule has 1 saturated carbocycles. The highest BCUT2D eigenvalue weighted by Gasteiger charge is 2.46. The van der Waals surface area contributed by atoms with Crippen LogP contribution in [0.5, 0.6) is 0 Å². The van der Waals surface area contributed by atoms with E-state index < -0.39 is 0 Å². The summed E-state index contributed by atoms with van der Waals surface area (Å²) in [5.74, 6) is -0.0838. The smallest absolute Gasteiger partial charge is 0.280 e. The summed E-state index contributed by atoms with van der Waals surface area (Å²) in [4.78, 5) is 15.4. The molecule has 0 atom stereocenters. The van der Waals surface area contributed by atoms with Crippen LogP contribution in [0.15, 0.2) is 77.1 Å². The summed E-state index contributed by atoms with van der Waals surface area (Å²) >= 11 is 6.40. The zero-order valence-electron chi connectivity index (χ0n) is 17.9. The Bertz CT molecular complexity index is 1130. The first-order valence-electron chi connectivity index (χ1n) is 10.9. The van der Waals surface area contributed by atoms with E-state index in [0.29, 0.717) is 5.57 Å². The fourth-order valence-electron chi connectivity index (χ4n) is 5.34. The maximum atomic E-state index is 13.1. The summed E-state index contributed by atoms with van der Waals surface area (Å²) in [6, 6.07) is 15.8. The summed E-state index contributed by atoms with van der Waals surface area (Å²) in [6.45, 7) is 1.90. The molecule has 0 aromatic heterocycles. The number of likely N-dealkylation sites (N-methyl/N-ethyl adjacent to an activating group) is 1. The fourth-order valence-corrected chi connectivity index (χ4v) is 5.51. The van der Waals surface area contributed by atoms with E-state index in [9.17, 15) is 4.79 Å². The number of hydrogen-bond donors (Lipinski definition) is 0. The molecule has 5 rings (SSSR count). The van der Waals surface area contributed by atoms with Crippen molar-refractivity contribution in [3.8, 4) is 0 Å². The van der Waals surface area contributed by atoms with E-state index in [1.807, 2.05) is 49.4 Å². The number of allylic oxidation sites excluding steroid dienone is 3.